The highest BCUT2D eigenvalue weighted by Gasteiger charge is 2.16. The maximum atomic E-state index is 11.4. The molecule has 0 radical (unpaired) electrons. The second-order valence-electron chi connectivity index (χ2n) is 3.22. The second kappa shape index (κ2) is 5.66. The molecule has 1 aromatic rings. The minimum Gasteiger partial charge on any atom is -0.324 e. The Bertz CT molecular complexity index is 563. The topological polar surface area (TPSA) is 87.0 Å². The quantitative estimate of drug-likeness (QED) is 0.893. The van der Waals surface area contributed by atoms with Crippen molar-refractivity contribution in [2.24, 2.45) is 0 Å². The number of nitrogens with zero attached hydrogens (tertiary/aromatic N) is 1. The van der Waals surface area contributed by atoms with E-state index in [9.17, 15) is 13.2 Å². The Balaban J connectivity index is 2.70. The van der Waals surface area contributed by atoms with Crippen LogP contribution in [0.3, 0.4) is 0 Å². The highest BCUT2D eigenvalue weighted by atomic mass is 35.5. The maximum Gasteiger partial charge on any atom is 0.239 e. The number of halogens is 1. The molecule has 0 aromatic heterocycles. The number of hydrogen-bond acceptors (Lipinski definition) is 4. The van der Waals surface area contributed by atoms with Crippen molar-refractivity contribution in [2.45, 2.75) is 0 Å². The van der Waals surface area contributed by atoms with E-state index in [2.05, 4.69) is 5.32 Å². The Kier molecular flexibility index (Phi) is 4.49. The van der Waals surface area contributed by atoms with Gasteiger partial charge in [0.15, 0.2) is 9.84 Å². The van der Waals surface area contributed by atoms with Crippen LogP contribution >= 0.6 is 11.6 Å². The SMILES string of the molecule is N#CCS(=O)(=O)CC(=O)Nc1ccccc1Cl. The molecule has 0 unspecified atom stereocenters. The molecule has 90 valence electrons. The van der Waals surface area contributed by atoms with Crippen molar-refractivity contribution in [1.29, 1.82) is 5.26 Å². The molecule has 0 spiro atoms. The zero-order valence-electron chi connectivity index (χ0n) is 8.68. The van der Waals surface area contributed by atoms with Gasteiger partial charge in [-0.2, -0.15) is 5.26 Å². The molecule has 0 fully saturated rings. The predicted octanol–water partition coefficient (Wildman–Crippen LogP) is 1.22. The fraction of sp³-hybridized carbons (Fsp3) is 0.200. The number of rotatable bonds is 4. The largest absolute Gasteiger partial charge is 0.324 e. The van der Waals surface area contributed by atoms with Gasteiger partial charge in [-0.05, 0) is 12.1 Å². The van der Waals surface area contributed by atoms with E-state index in [1.165, 1.54) is 6.07 Å². The van der Waals surface area contributed by atoms with Crippen molar-refractivity contribution in [3.8, 4) is 6.07 Å². The molecule has 0 aliphatic heterocycles. The van der Waals surface area contributed by atoms with Gasteiger partial charge in [0.2, 0.25) is 5.91 Å². The number of amides is 1. The average molecular weight is 273 g/mol. The summed E-state index contributed by atoms with van der Waals surface area (Å²) in [6.45, 7) is 0. The summed E-state index contributed by atoms with van der Waals surface area (Å²) in [6, 6.07) is 7.96. The van der Waals surface area contributed by atoms with Crippen LogP contribution in [0.1, 0.15) is 0 Å². The van der Waals surface area contributed by atoms with E-state index in [-0.39, 0.29) is 0 Å². The first-order valence-electron chi connectivity index (χ1n) is 4.56. The van der Waals surface area contributed by atoms with Crippen LogP contribution in [0.25, 0.3) is 0 Å². The zero-order chi connectivity index (χ0) is 12.9. The molecule has 7 heteroatoms. The number of carbonyl (C=O) groups is 1. The van der Waals surface area contributed by atoms with E-state index in [0.29, 0.717) is 10.7 Å². The van der Waals surface area contributed by atoms with Gasteiger partial charge in [-0.25, -0.2) is 8.42 Å². The highest BCUT2D eigenvalue weighted by molar-refractivity contribution is 7.92. The molecule has 1 aromatic carbocycles. The van der Waals surface area contributed by atoms with E-state index in [4.69, 9.17) is 16.9 Å². The van der Waals surface area contributed by atoms with E-state index in [1.54, 1.807) is 24.3 Å². The molecule has 5 nitrogen and oxygen atoms in total. The number of benzene rings is 1. The van der Waals surface area contributed by atoms with Crippen molar-refractivity contribution in [2.75, 3.05) is 16.8 Å². The van der Waals surface area contributed by atoms with Gasteiger partial charge >= 0.3 is 0 Å². The van der Waals surface area contributed by atoms with Crippen LogP contribution in [0.2, 0.25) is 5.02 Å². The van der Waals surface area contributed by atoms with Gasteiger partial charge in [0.05, 0.1) is 16.8 Å². The van der Waals surface area contributed by atoms with Gasteiger partial charge < -0.3 is 5.32 Å². The van der Waals surface area contributed by atoms with Crippen LogP contribution in [0.5, 0.6) is 0 Å². The third-order valence-corrected chi connectivity index (χ3v) is 3.38. The number of carbonyl (C=O) groups excluding carboxylic acids is 1. The lowest BCUT2D eigenvalue weighted by molar-refractivity contribution is -0.113. The van der Waals surface area contributed by atoms with Crippen LogP contribution < -0.4 is 5.32 Å². The van der Waals surface area contributed by atoms with Crippen LogP contribution in [0.4, 0.5) is 5.69 Å². The number of anilines is 1. The summed E-state index contributed by atoms with van der Waals surface area (Å²) in [5.74, 6) is -2.12. The first-order chi connectivity index (χ1) is 7.94. The molecule has 0 bridgehead atoms. The first kappa shape index (κ1) is 13.5. The molecule has 0 aliphatic carbocycles. The van der Waals surface area contributed by atoms with Gasteiger partial charge in [-0.3, -0.25) is 4.79 Å². The summed E-state index contributed by atoms with van der Waals surface area (Å²) >= 11 is 5.78. The highest BCUT2D eigenvalue weighted by Crippen LogP contribution is 2.20. The smallest absolute Gasteiger partial charge is 0.239 e. The van der Waals surface area contributed by atoms with Crippen LogP contribution in [0, 0.1) is 11.3 Å². The molecule has 0 aliphatic rings. The Morgan fingerprint density at radius 2 is 2.06 bits per heavy atom. The molecule has 0 saturated carbocycles. The number of nitriles is 1. The van der Waals surface area contributed by atoms with Crippen molar-refractivity contribution < 1.29 is 13.2 Å². The number of para-hydroxylation sites is 1. The fourth-order valence-corrected chi connectivity index (χ4v) is 2.05. The Labute approximate surface area is 104 Å². The second-order valence-corrected chi connectivity index (χ2v) is 5.69. The van der Waals surface area contributed by atoms with Crippen LogP contribution in [0.15, 0.2) is 24.3 Å². The monoisotopic (exact) mass is 272 g/mol. The van der Waals surface area contributed by atoms with E-state index in [1.807, 2.05) is 0 Å². The normalized spacial score (nSPS) is 10.6. The Hall–Kier alpha value is -1.58. The lowest BCUT2D eigenvalue weighted by atomic mass is 10.3. The summed E-state index contributed by atoms with van der Waals surface area (Å²) in [6.07, 6.45) is 0. The van der Waals surface area contributed by atoms with Crippen LogP contribution in [-0.2, 0) is 14.6 Å². The molecule has 0 saturated heterocycles. The number of sulfone groups is 1. The number of hydrogen-bond donors (Lipinski definition) is 1. The van der Waals surface area contributed by atoms with Gasteiger partial charge in [0.25, 0.3) is 0 Å². The zero-order valence-corrected chi connectivity index (χ0v) is 10.3. The lowest BCUT2D eigenvalue weighted by Crippen LogP contribution is -2.24. The molecule has 1 rings (SSSR count). The minimum atomic E-state index is -3.68. The molecule has 1 amide bonds. The van der Waals surface area contributed by atoms with E-state index in [0.717, 1.165) is 0 Å². The molecule has 1 N–H and O–H groups in total. The molecular weight excluding hydrogens is 264 g/mol. The average Bonchev–Trinajstić information content (AvgIpc) is 2.20. The Morgan fingerprint density at radius 3 is 2.65 bits per heavy atom. The lowest BCUT2D eigenvalue weighted by Gasteiger charge is -2.06. The summed E-state index contributed by atoms with van der Waals surface area (Å²) < 4.78 is 22.4. The molecule has 17 heavy (non-hydrogen) atoms. The van der Waals surface area contributed by atoms with Crippen molar-refractivity contribution in [1.82, 2.24) is 0 Å². The first-order valence-corrected chi connectivity index (χ1v) is 6.76. The Morgan fingerprint density at radius 1 is 1.41 bits per heavy atom. The summed E-state index contributed by atoms with van der Waals surface area (Å²) in [5.41, 5.74) is 0.339. The molecule has 0 atom stereocenters. The molecule has 0 heterocycles. The van der Waals surface area contributed by atoms with Gasteiger partial charge in [-0.1, -0.05) is 23.7 Å². The van der Waals surface area contributed by atoms with E-state index >= 15 is 0 Å². The number of nitrogens with one attached hydrogen (secondary N) is 1. The van der Waals surface area contributed by atoms with Crippen molar-refractivity contribution in [3.05, 3.63) is 29.3 Å². The van der Waals surface area contributed by atoms with Gasteiger partial charge in [0.1, 0.15) is 11.5 Å². The summed E-state index contributed by atoms with van der Waals surface area (Å²) in [5, 5.41) is 10.9. The summed E-state index contributed by atoms with van der Waals surface area (Å²) in [7, 11) is -3.68. The minimum absolute atomic E-state index is 0.318. The van der Waals surface area contributed by atoms with Crippen LogP contribution in [-0.4, -0.2) is 25.8 Å². The van der Waals surface area contributed by atoms with Crippen molar-refractivity contribution in [3.63, 3.8) is 0 Å². The van der Waals surface area contributed by atoms with Crippen molar-refractivity contribution >= 4 is 33.0 Å². The fourth-order valence-electron chi connectivity index (χ4n) is 1.10. The van der Waals surface area contributed by atoms with E-state index < -0.39 is 27.3 Å². The third-order valence-electron chi connectivity index (χ3n) is 1.78. The van der Waals surface area contributed by atoms with Gasteiger partial charge in [0, 0.05) is 0 Å². The molecular formula is C10H9ClN2O3S. The third kappa shape index (κ3) is 4.43. The summed E-state index contributed by atoms with van der Waals surface area (Å²) in [4.78, 5) is 11.4. The predicted molar refractivity (Wildman–Crippen MR) is 64.3 cm³/mol. The maximum absolute atomic E-state index is 11.4. The standard InChI is InChI=1S/C10H9ClN2O3S/c11-8-3-1-2-4-9(8)13-10(14)7-17(15,16)6-5-12/h1-4H,6-7H2,(H,13,14). The van der Waals surface area contributed by atoms with Gasteiger partial charge in [-0.15, -0.1) is 0 Å².